The van der Waals surface area contributed by atoms with Crippen LogP contribution in [0.4, 0.5) is 0 Å². The van der Waals surface area contributed by atoms with Gasteiger partial charge >= 0.3 is 11.9 Å². The van der Waals surface area contributed by atoms with E-state index in [1.165, 1.54) is 0 Å². The molecule has 2 aliphatic rings. The third kappa shape index (κ3) is 8.53. The molecule has 0 N–H and O–H groups in total. The van der Waals surface area contributed by atoms with Gasteiger partial charge in [-0.1, -0.05) is 68.3 Å². The number of hydrogen-bond donors (Lipinski definition) is 0. The van der Waals surface area contributed by atoms with Crippen molar-refractivity contribution in [1.29, 1.82) is 0 Å². The molecule has 2 aromatic carbocycles. The van der Waals surface area contributed by atoms with Crippen LogP contribution in [0.1, 0.15) is 11.1 Å². The third-order valence-electron chi connectivity index (χ3n) is 6.67. The smallest absolute Gasteiger partial charge is 0.312 e. The van der Waals surface area contributed by atoms with Gasteiger partial charge in [-0.3, -0.25) is 38.6 Å². The van der Waals surface area contributed by atoms with Crippen molar-refractivity contribution in [1.82, 2.24) is 19.6 Å². The fourth-order valence-electron chi connectivity index (χ4n) is 4.35. The van der Waals surface area contributed by atoms with Gasteiger partial charge in [-0.05, 0) is 23.3 Å². The molecule has 0 radical (unpaired) electrons. The summed E-state index contributed by atoms with van der Waals surface area (Å²) in [6, 6.07) is 14.3. The van der Waals surface area contributed by atoms with Gasteiger partial charge in [0.05, 0.1) is 39.0 Å². The van der Waals surface area contributed by atoms with E-state index in [1.807, 2.05) is 12.1 Å². The molecule has 0 spiro atoms. The van der Waals surface area contributed by atoms with Crippen LogP contribution in [0.15, 0.2) is 57.5 Å². The molecule has 4 rings (SSSR count). The molecule has 0 unspecified atom stereocenters. The maximum Gasteiger partial charge on any atom is 0.312 e. The summed E-state index contributed by atoms with van der Waals surface area (Å²) in [5.41, 5.74) is 1.44. The van der Waals surface area contributed by atoms with Gasteiger partial charge in [0.2, 0.25) is 23.6 Å². The first-order valence-electron chi connectivity index (χ1n) is 13.0. The Morgan fingerprint density at radius 1 is 0.595 bits per heavy atom. The molecule has 2 aliphatic heterocycles. The molecule has 14 heteroatoms. The zero-order valence-corrected chi connectivity index (χ0v) is 25.7. The lowest BCUT2D eigenvalue weighted by atomic mass is 10.2. The van der Waals surface area contributed by atoms with E-state index >= 15 is 0 Å². The summed E-state index contributed by atoms with van der Waals surface area (Å²) in [6.07, 6.45) is -0.0227. The Hall–Kier alpha value is -3.46. The molecule has 2 aromatic rings. The molecule has 4 amide bonds. The van der Waals surface area contributed by atoms with Gasteiger partial charge in [-0.2, -0.15) is 0 Å². The second-order valence-corrected chi connectivity index (χ2v) is 11.4. The SMILES string of the molecule is O=C(Cc1ccccc1Br)OCN1C(=O)CN(CCN2CC(=O)N(COC(=O)Cc3ccccc3Br)C(=O)C2)CC1=O. The van der Waals surface area contributed by atoms with Crippen molar-refractivity contribution in [2.45, 2.75) is 12.8 Å². The molecule has 2 fully saturated rings. The number of esters is 2. The number of ether oxygens (including phenoxy) is 2. The van der Waals surface area contributed by atoms with E-state index in [0.717, 1.165) is 29.9 Å². The molecule has 222 valence electrons. The Balaban J connectivity index is 1.17. The lowest BCUT2D eigenvalue weighted by Crippen LogP contribution is -2.58. The van der Waals surface area contributed by atoms with E-state index in [1.54, 1.807) is 46.2 Å². The molecular weight excluding hydrogens is 680 g/mol. The minimum absolute atomic E-state index is 0.0113. The number of imide groups is 2. The summed E-state index contributed by atoms with van der Waals surface area (Å²) >= 11 is 6.72. The second kappa shape index (κ2) is 14.6. The summed E-state index contributed by atoms with van der Waals surface area (Å²) in [5.74, 6) is -3.19. The predicted octanol–water partition coefficient (Wildman–Crippen LogP) is 1.34. The van der Waals surface area contributed by atoms with Crippen LogP contribution >= 0.6 is 31.9 Å². The Bertz CT molecular complexity index is 1250. The summed E-state index contributed by atoms with van der Waals surface area (Å²) in [6.45, 7) is -0.735. The van der Waals surface area contributed by atoms with Crippen molar-refractivity contribution in [3.63, 3.8) is 0 Å². The maximum atomic E-state index is 12.6. The Kier molecular flexibility index (Phi) is 11.0. The minimum Gasteiger partial charge on any atom is -0.443 e. The van der Waals surface area contributed by atoms with E-state index in [2.05, 4.69) is 31.9 Å². The normalized spacial score (nSPS) is 16.6. The van der Waals surface area contributed by atoms with Crippen molar-refractivity contribution < 1.29 is 38.2 Å². The largest absolute Gasteiger partial charge is 0.443 e. The first-order valence-corrected chi connectivity index (χ1v) is 14.6. The summed E-state index contributed by atoms with van der Waals surface area (Å²) in [7, 11) is 0. The van der Waals surface area contributed by atoms with Crippen LogP contribution in [-0.4, -0.2) is 108 Å². The fraction of sp³-hybridized carbons (Fsp3) is 0.357. The Labute approximate surface area is 258 Å². The molecular formula is C28H28Br2N4O8. The van der Waals surface area contributed by atoms with Gasteiger partial charge in [0.25, 0.3) is 0 Å². The topological polar surface area (TPSA) is 134 Å². The van der Waals surface area contributed by atoms with E-state index < -0.39 is 49.0 Å². The highest BCUT2D eigenvalue weighted by Crippen LogP contribution is 2.18. The van der Waals surface area contributed by atoms with Gasteiger partial charge in [0.15, 0.2) is 13.5 Å². The average molecular weight is 708 g/mol. The molecule has 2 saturated heterocycles. The molecule has 0 saturated carbocycles. The molecule has 2 heterocycles. The van der Waals surface area contributed by atoms with Crippen LogP contribution in [0.3, 0.4) is 0 Å². The van der Waals surface area contributed by atoms with Crippen molar-refractivity contribution in [3.8, 4) is 0 Å². The quantitative estimate of drug-likeness (QED) is 0.249. The molecule has 0 aromatic heterocycles. The van der Waals surface area contributed by atoms with E-state index in [4.69, 9.17) is 9.47 Å². The summed E-state index contributed by atoms with van der Waals surface area (Å²) in [4.78, 5) is 79.8. The first-order chi connectivity index (χ1) is 20.1. The van der Waals surface area contributed by atoms with E-state index in [-0.39, 0.29) is 52.1 Å². The third-order valence-corrected chi connectivity index (χ3v) is 8.21. The molecule has 0 aliphatic carbocycles. The van der Waals surface area contributed by atoms with Gasteiger partial charge in [0, 0.05) is 22.0 Å². The van der Waals surface area contributed by atoms with Crippen molar-refractivity contribution >= 4 is 67.4 Å². The van der Waals surface area contributed by atoms with Crippen LogP contribution < -0.4 is 0 Å². The van der Waals surface area contributed by atoms with Crippen molar-refractivity contribution in [2.75, 3.05) is 52.7 Å². The number of carbonyl (C=O) groups excluding carboxylic acids is 6. The van der Waals surface area contributed by atoms with E-state index in [9.17, 15) is 28.8 Å². The average Bonchev–Trinajstić information content (AvgIpc) is 2.93. The zero-order valence-electron chi connectivity index (χ0n) is 22.5. The molecule has 0 bridgehead atoms. The highest BCUT2D eigenvalue weighted by Gasteiger charge is 2.34. The zero-order chi connectivity index (χ0) is 30.2. The number of carbonyl (C=O) groups is 6. The maximum absolute atomic E-state index is 12.6. The van der Waals surface area contributed by atoms with Crippen molar-refractivity contribution in [2.24, 2.45) is 0 Å². The lowest BCUT2D eigenvalue weighted by molar-refractivity contribution is -0.166. The highest BCUT2D eigenvalue weighted by molar-refractivity contribution is 9.10. The van der Waals surface area contributed by atoms with Crippen LogP contribution in [0.2, 0.25) is 0 Å². The van der Waals surface area contributed by atoms with Gasteiger partial charge in [-0.15, -0.1) is 0 Å². The lowest BCUT2D eigenvalue weighted by Gasteiger charge is -2.35. The fourth-order valence-corrected chi connectivity index (χ4v) is 5.20. The first kappa shape index (κ1) is 31.5. The number of rotatable bonds is 11. The summed E-state index contributed by atoms with van der Waals surface area (Å²) < 4.78 is 11.8. The van der Waals surface area contributed by atoms with E-state index in [0.29, 0.717) is 0 Å². The number of benzene rings is 2. The standard InChI is InChI=1S/C28H28Br2N4O8/c29-21-7-3-1-5-19(21)11-27(39)41-17-33-23(35)13-31(14-24(33)36)9-10-32-15-25(37)34(26(38)16-32)18-42-28(40)12-20-6-2-4-8-22(20)30/h1-8H,9-18H2. The predicted molar refractivity (Wildman–Crippen MR) is 154 cm³/mol. The highest BCUT2D eigenvalue weighted by atomic mass is 79.9. The molecule has 0 atom stereocenters. The second-order valence-electron chi connectivity index (χ2n) is 9.68. The van der Waals surface area contributed by atoms with Crippen LogP contribution in [-0.2, 0) is 51.1 Å². The number of halogens is 2. The Morgan fingerprint density at radius 2 is 0.929 bits per heavy atom. The number of nitrogens with zero attached hydrogens (tertiary/aromatic N) is 4. The number of hydrogen-bond acceptors (Lipinski definition) is 10. The van der Waals surface area contributed by atoms with Gasteiger partial charge in [-0.25, -0.2) is 9.80 Å². The number of piperazine rings is 2. The van der Waals surface area contributed by atoms with Crippen LogP contribution in [0.5, 0.6) is 0 Å². The number of amides is 4. The minimum atomic E-state index is -0.572. The van der Waals surface area contributed by atoms with Crippen LogP contribution in [0.25, 0.3) is 0 Å². The molecule has 42 heavy (non-hydrogen) atoms. The summed E-state index contributed by atoms with van der Waals surface area (Å²) in [5, 5.41) is 0. The van der Waals surface area contributed by atoms with Gasteiger partial charge in [0.1, 0.15) is 0 Å². The molecule has 12 nitrogen and oxygen atoms in total. The van der Waals surface area contributed by atoms with Crippen molar-refractivity contribution in [3.05, 3.63) is 68.6 Å². The Morgan fingerprint density at radius 3 is 1.26 bits per heavy atom. The van der Waals surface area contributed by atoms with Gasteiger partial charge < -0.3 is 9.47 Å². The monoisotopic (exact) mass is 706 g/mol. The van der Waals surface area contributed by atoms with Crippen LogP contribution in [0, 0.1) is 0 Å².